The number of carbonyl (C=O) groups excluding carboxylic acids is 1. The van der Waals surface area contributed by atoms with Crippen molar-refractivity contribution in [2.75, 3.05) is 7.05 Å². The Morgan fingerprint density at radius 1 is 1.11 bits per heavy atom. The van der Waals surface area contributed by atoms with Crippen molar-refractivity contribution in [1.82, 2.24) is 15.4 Å². The molecule has 0 bridgehead atoms. The van der Waals surface area contributed by atoms with Crippen LogP contribution in [0.1, 0.15) is 28.1 Å². The van der Waals surface area contributed by atoms with Crippen LogP contribution in [0.2, 0.25) is 0 Å². The molecule has 146 valence electrons. The second kappa shape index (κ2) is 9.08. The van der Waals surface area contributed by atoms with Gasteiger partial charge in [0.1, 0.15) is 18.1 Å². The molecule has 0 saturated heterocycles. The van der Waals surface area contributed by atoms with E-state index in [9.17, 15) is 4.79 Å². The summed E-state index contributed by atoms with van der Waals surface area (Å²) in [5.41, 5.74) is 3.83. The second-order valence-electron chi connectivity index (χ2n) is 6.74. The molecule has 2 amide bonds. The fourth-order valence-corrected chi connectivity index (χ4v) is 2.86. The third kappa shape index (κ3) is 5.13. The topological polar surface area (TPSA) is 67.6 Å². The summed E-state index contributed by atoms with van der Waals surface area (Å²) in [5, 5.41) is 6.87. The molecule has 0 fully saturated rings. The van der Waals surface area contributed by atoms with Crippen LogP contribution in [-0.2, 0) is 19.7 Å². The molecule has 0 aliphatic carbocycles. The van der Waals surface area contributed by atoms with Crippen molar-refractivity contribution in [2.24, 2.45) is 0 Å². The van der Waals surface area contributed by atoms with Crippen LogP contribution in [0, 0.1) is 13.8 Å². The number of carbonyl (C=O) groups is 1. The van der Waals surface area contributed by atoms with E-state index < -0.39 is 0 Å². The molecule has 6 nitrogen and oxygen atoms in total. The van der Waals surface area contributed by atoms with Crippen molar-refractivity contribution in [3.8, 4) is 5.75 Å². The largest absolute Gasteiger partial charge is 0.489 e. The lowest BCUT2D eigenvalue weighted by Crippen LogP contribution is -2.36. The van der Waals surface area contributed by atoms with Crippen molar-refractivity contribution < 1.29 is 14.1 Å². The van der Waals surface area contributed by atoms with Crippen LogP contribution in [0.25, 0.3) is 0 Å². The summed E-state index contributed by atoms with van der Waals surface area (Å²) in [4.78, 5) is 14.0. The lowest BCUT2D eigenvalue weighted by atomic mass is 10.1. The van der Waals surface area contributed by atoms with Crippen LogP contribution < -0.4 is 10.1 Å². The molecular weight excluding hydrogens is 354 g/mol. The smallest absolute Gasteiger partial charge is 0.317 e. The molecule has 1 heterocycles. The molecule has 3 rings (SSSR count). The Hall–Kier alpha value is -3.28. The van der Waals surface area contributed by atoms with Crippen molar-refractivity contribution >= 4 is 6.03 Å². The summed E-state index contributed by atoms with van der Waals surface area (Å²) in [6, 6.07) is 17.6. The number of amides is 2. The number of benzene rings is 2. The molecule has 0 atom stereocenters. The summed E-state index contributed by atoms with van der Waals surface area (Å²) >= 11 is 0. The standard InChI is InChI=1S/C22H25N3O3/c1-16-21(17(2)28-24-16)14-25(3)22(26)23-13-18-8-7-9-19(12-18)15-27-20-10-5-4-6-11-20/h4-12H,13-15H2,1-3H3,(H,23,26). The number of ether oxygens (including phenoxy) is 1. The van der Waals surface area contributed by atoms with Gasteiger partial charge in [-0.1, -0.05) is 47.6 Å². The van der Waals surface area contributed by atoms with Gasteiger partial charge >= 0.3 is 6.03 Å². The highest BCUT2D eigenvalue weighted by Crippen LogP contribution is 2.15. The molecule has 0 saturated carbocycles. The van der Waals surface area contributed by atoms with Crippen molar-refractivity contribution in [2.45, 2.75) is 33.5 Å². The molecular formula is C22H25N3O3. The molecule has 28 heavy (non-hydrogen) atoms. The summed E-state index contributed by atoms with van der Waals surface area (Å²) in [7, 11) is 1.76. The zero-order chi connectivity index (χ0) is 19.9. The van der Waals surface area contributed by atoms with Gasteiger partial charge < -0.3 is 19.5 Å². The number of hydrogen-bond donors (Lipinski definition) is 1. The fraction of sp³-hybridized carbons (Fsp3) is 0.273. The van der Waals surface area contributed by atoms with Gasteiger partial charge in [0.25, 0.3) is 0 Å². The minimum atomic E-state index is -0.147. The van der Waals surface area contributed by atoms with Gasteiger partial charge in [0.15, 0.2) is 0 Å². The quantitative estimate of drug-likeness (QED) is 0.668. The Balaban J connectivity index is 1.51. The first kappa shape index (κ1) is 19.5. The summed E-state index contributed by atoms with van der Waals surface area (Å²) in [6.07, 6.45) is 0. The Labute approximate surface area is 165 Å². The second-order valence-corrected chi connectivity index (χ2v) is 6.74. The summed E-state index contributed by atoms with van der Waals surface area (Å²) in [5.74, 6) is 1.57. The molecule has 1 aromatic heterocycles. The minimum absolute atomic E-state index is 0.147. The van der Waals surface area contributed by atoms with Crippen LogP contribution in [0.5, 0.6) is 5.75 Å². The molecule has 0 radical (unpaired) electrons. The lowest BCUT2D eigenvalue weighted by molar-refractivity contribution is 0.206. The van der Waals surface area contributed by atoms with Crippen molar-refractivity contribution in [3.63, 3.8) is 0 Å². The number of hydrogen-bond acceptors (Lipinski definition) is 4. The van der Waals surface area contributed by atoms with Gasteiger partial charge in [0.2, 0.25) is 0 Å². The molecule has 0 unspecified atom stereocenters. The SMILES string of the molecule is Cc1noc(C)c1CN(C)C(=O)NCc1cccc(COc2ccccc2)c1. The van der Waals surface area contributed by atoms with Gasteiger partial charge in [0, 0.05) is 19.2 Å². The predicted octanol–water partition coefficient (Wildman–Crippen LogP) is 4.21. The van der Waals surface area contributed by atoms with Crippen LogP contribution >= 0.6 is 0 Å². The number of rotatable bonds is 7. The maximum Gasteiger partial charge on any atom is 0.317 e. The number of nitrogens with one attached hydrogen (secondary N) is 1. The van der Waals surface area contributed by atoms with Gasteiger partial charge in [-0.15, -0.1) is 0 Å². The highest BCUT2D eigenvalue weighted by Gasteiger charge is 2.15. The molecule has 0 aliphatic rings. The van der Waals surface area contributed by atoms with Crippen molar-refractivity contribution in [3.05, 3.63) is 82.7 Å². The zero-order valence-corrected chi connectivity index (χ0v) is 16.4. The number of aromatic nitrogens is 1. The number of nitrogens with zero attached hydrogens (tertiary/aromatic N) is 2. The van der Waals surface area contributed by atoms with E-state index >= 15 is 0 Å². The van der Waals surface area contributed by atoms with E-state index in [0.717, 1.165) is 33.9 Å². The number of para-hydroxylation sites is 1. The average Bonchev–Trinajstić information content (AvgIpc) is 3.03. The van der Waals surface area contributed by atoms with E-state index in [-0.39, 0.29) is 6.03 Å². The monoisotopic (exact) mass is 379 g/mol. The van der Waals surface area contributed by atoms with E-state index in [4.69, 9.17) is 9.26 Å². The van der Waals surface area contributed by atoms with Crippen LogP contribution in [-0.4, -0.2) is 23.1 Å². The van der Waals surface area contributed by atoms with Crippen molar-refractivity contribution in [1.29, 1.82) is 0 Å². The Bertz CT molecular complexity index is 902. The van der Waals surface area contributed by atoms with E-state index in [1.165, 1.54) is 0 Å². The van der Waals surface area contributed by atoms with E-state index in [0.29, 0.717) is 19.7 Å². The Morgan fingerprint density at radius 2 is 1.86 bits per heavy atom. The van der Waals surface area contributed by atoms with Gasteiger partial charge in [-0.3, -0.25) is 0 Å². The zero-order valence-electron chi connectivity index (χ0n) is 16.4. The first-order chi connectivity index (χ1) is 13.5. The molecule has 1 N–H and O–H groups in total. The highest BCUT2D eigenvalue weighted by molar-refractivity contribution is 5.73. The first-order valence-corrected chi connectivity index (χ1v) is 9.19. The van der Waals surface area contributed by atoms with Gasteiger partial charge in [0.05, 0.1) is 12.2 Å². The van der Waals surface area contributed by atoms with E-state index in [1.54, 1.807) is 11.9 Å². The van der Waals surface area contributed by atoms with Gasteiger partial charge in [-0.25, -0.2) is 4.79 Å². The predicted molar refractivity (Wildman–Crippen MR) is 107 cm³/mol. The maximum absolute atomic E-state index is 12.4. The number of urea groups is 1. The maximum atomic E-state index is 12.4. The fourth-order valence-electron chi connectivity index (χ4n) is 2.86. The minimum Gasteiger partial charge on any atom is -0.489 e. The third-order valence-electron chi connectivity index (χ3n) is 4.51. The molecule has 0 aliphatic heterocycles. The average molecular weight is 379 g/mol. The lowest BCUT2D eigenvalue weighted by Gasteiger charge is -2.18. The summed E-state index contributed by atoms with van der Waals surface area (Å²) in [6.45, 7) is 5.12. The third-order valence-corrected chi connectivity index (χ3v) is 4.51. The Kier molecular flexibility index (Phi) is 6.32. The molecule has 2 aromatic carbocycles. The Morgan fingerprint density at radius 3 is 2.57 bits per heavy atom. The normalized spacial score (nSPS) is 10.5. The van der Waals surface area contributed by atoms with Gasteiger partial charge in [-0.2, -0.15) is 0 Å². The molecule has 3 aromatic rings. The van der Waals surface area contributed by atoms with E-state index in [1.807, 2.05) is 68.4 Å². The van der Waals surface area contributed by atoms with E-state index in [2.05, 4.69) is 10.5 Å². The first-order valence-electron chi connectivity index (χ1n) is 9.19. The molecule has 6 heteroatoms. The summed E-state index contributed by atoms with van der Waals surface area (Å²) < 4.78 is 10.9. The number of aryl methyl sites for hydroxylation is 2. The highest BCUT2D eigenvalue weighted by atomic mass is 16.5. The molecule has 0 spiro atoms. The van der Waals surface area contributed by atoms with Crippen LogP contribution in [0.4, 0.5) is 4.79 Å². The van der Waals surface area contributed by atoms with Gasteiger partial charge in [-0.05, 0) is 37.1 Å². The van der Waals surface area contributed by atoms with Crippen LogP contribution in [0.15, 0.2) is 59.1 Å². The van der Waals surface area contributed by atoms with Crippen LogP contribution in [0.3, 0.4) is 0 Å².